The largest absolute Gasteiger partial charge is 0.460 e. The van der Waals surface area contributed by atoms with Gasteiger partial charge in [0.05, 0.1) is 19.6 Å². The standard InChI is InChI=1S/C9H19NO3/c1-9(2,3)13-8(11)4-6-12-7-5-10/h4-7,10H2,1-3H3. The van der Waals surface area contributed by atoms with Crippen molar-refractivity contribution in [2.75, 3.05) is 19.8 Å². The van der Waals surface area contributed by atoms with Gasteiger partial charge in [-0.3, -0.25) is 4.79 Å². The molecule has 2 N–H and O–H groups in total. The van der Waals surface area contributed by atoms with Gasteiger partial charge in [0, 0.05) is 6.54 Å². The lowest BCUT2D eigenvalue weighted by atomic mass is 10.2. The molecule has 0 bridgehead atoms. The monoisotopic (exact) mass is 189 g/mol. The lowest BCUT2D eigenvalue weighted by molar-refractivity contribution is -0.155. The number of carbonyl (C=O) groups excluding carboxylic acids is 1. The number of hydrogen-bond acceptors (Lipinski definition) is 4. The van der Waals surface area contributed by atoms with Crippen molar-refractivity contribution >= 4 is 5.97 Å². The van der Waals surface area contributed by atoms with Crippen LogP contribution in [0.1, 0.15) is 27.2 Å². The van der Waals surface area contributed by atoms with E-state index in [9.17, 15) is 4.79 Å². The SMILES string of the molecule is CC(C)(C)OC(=O)CCOCCN. The summed E-state index contributed by atoms with van der Waals surface area (Å²) < 4.78 is 10.1. The number of rotatable bonds is 5. The number of hydrogen-bond donors (Lipinski definition) is 1. The zero-order valence-electron chi connectivity index (χ0n) is 8.63. The predicted octanol–water partition coefficient (Wildman–Crippen LogP) is 0.694. The molecule has 78 valence electrons. The molecule has 0 aliphatic heterocycles. The van der Waals surface area contributed by atoms with Gasteiger partial charge in [-0.1, -0.05) is 0 Å². The Hall–Kier alpha value is -0.610. The minimum atomic E-state index is -0.412. The van der Waals surface area contributed by atoms with Crippen LogP contribution >= 0.6 is 0 Å². The van der Waals surface area contributed by atoms with Gasteiger partial charge in [-0.2, -0.15) is 0 Å². The number of nitrogens with two attached hydrogens (primary N) is 1. The molecule has 0 fully saturated rings. The van der Waals surface area contributed by atoms with Gasteiger partial charge in [0.1, 0.15) is 5.60 Å². The van der Waals surface area contributed by atoms with Crippen molar-refractivity contribution in [1.82, 2.24) is 0 Å². The van der Waals surface area contributed by atoms with Gasteiger partial charge in [-0.25, -0.2) is 0 Å². The summed E-state index contributed by atoms with van der Waals surface area (Å²) in [6.45, 7) is 6.87. The first-order valence-corrected chi connectivity index (χ1v) is 4.45. The predicted molar refractivity (Wildman–Crippen MR) is 50.3 cm³/mol. The minimum Gasteiger partial charge on any atom is -0.460 e. The highest BCUT2D eigenvalue weighted by Crippen LogP contribution is 2.07. The van der Waals surface area contributed by atoms with Crippen LogP contribution in [0.5, 0.6) is 0 Å². The Morgan fingerprint density at radius 1 is 1.31 bits per heavy atom. The van der Waals surface area contributed by atoms with Crippen LogP contribution < -0.4 is 5.73 Å². The first-order valence-electron chi connectivity index (χ1n) is 4.45. The molecule has 13 heavy (non-hydrogen) atoms. The third-order valence-corrected chi connectivity index (χ3v) is 1.13. The normalized spacial score (nSPS) is 11.4. The molecule has 0 saturated heterocycles. The van der Waals surface area contributed by atoms with E-state index in [1.807, 2.05) is 20.8 Å². The second-order valence-corrected chi connectivity index (χ2v) is 3.74. The highest BCUT2D eigenvalue weighted by Gasteiger charge is 2.15. The second-order valence-electron chi connectivity index (χ2n) is 3.74. The lowest BCUT2D eigenvalue weighted by Gasteiger charge is -2.19. The maximum absolute atomic E-state index is 11.1. The van der Waals surface area contributed by atoms with Crippen molar-refractivity contribution in [2.24, 2.45) is 5.73 Å². The van der Waals surface area contributed by atoms with Crippen LogP contribution in [0.2, 0.25) is 0 Å². The Bertz CT molecular complexity index is 151. The molecular formula is C9H19NO3. The van der Waals surface area contributed by atoms with Crippen molar-refractivity contribution in [2.45, 2.75) is 32.8 Å². The molecule has 0 aromatic carbocycles. The molecule has 0 radical (unpaired) electrons. The van der Waals surface area contributed by atoms with E-state index in [-0.39, 0.29) is 12.4 Å². The van der Waals surface area contributed by atoms with Crippen LogP contribution in [0.15, 0.2) is 0 Å². The summed E-state index contributed by atoms with van der Waals surface area (Å²) in [4.78, 5) is 11.1. The minimum absolute atomic E-state index is 0.232. The van der Waals surface area contributed by atoms with E-state index >= 15 is 0 Å². The molecule has 0 aromatic heterocycles. The zero-order valence-corrected chi connectivity index (χ0v) is 8.63. The van der Waals surface area contributed by atoms with E-state index in [1.165, 1.54) is 0 Å². The molecule has 0 amide bonds. The van der Waals surface area contributed by atoms with E-state index in [0.717, 1.165) is 0 Å². The second kappa shape index (κ2) is 5.94. The fourth-order valence-corrected chi connectivity index (χ4v) is 0.733. The average Bonchev–Trinajstić information content (AvgIpc) is 1.94. The van der Waals surface area contributed by atoms with E-state index in [1.54, 1.807) is 0 Å². The molecule has 0 unspecified atom stereocenters. The van der Waals surface area contributed by atoms with Crippen LogP contribution in [-0.4, -0.2) is 31.3 Å². The summed E-state index contributed by atoms with van der Waals surface area (Å²) in [7, 11) is 0. The molecule has 0 heterocycles. The van der Waals surface area contributed by atoms with Crippen LogP contribution in [-0.2, 0) is 14.3 Å². The van der Waals surface area contributed by atoms with Gasteiger partial charge >= 0.3 is 5.97 Å². The molecule has 0 aliphatic rings. The van der Waals surface area contributed by atoms with Gasteiger partial charge in [-0.05, 0) is 20.8 Å². The van der Waals surface area contributed by atoms with Gasteiger partial charge in [0.25, 0.3) is 0 Å². The molecule has 4 heteroatoms. The van der Waals surface area contributed by atoms with Crippen LogP contribution in [0, 0.1) is 0 Å². The summed E-state index contributed by atoms with van der Waals surface area (Å²) in [5.74, 6) is -0.232. The smallest absolute Gasteiger partial charge is 0.308 e. The molecule has 4 nitrogen and oxygen atoms in total. The van der Waals surface area contributed by atoms with Crippen LogP contribution in [0.4, 0.5) is 0 Å². The number of esters is 1. The average molecular weight is 189 g/mol. The van der Waals surface area contributed by atoms with E-state index in [2.05, 4.69) is 0 Å². The number of ether oxygens (including phenoxy) is 2. The maximum Gasteiger partial charge on any atom is 0.308 e. The molecule has 0 rings (SSSR count). The first-order chi connectivity index (χ1) is 5.95. The van der Waals surface area contributed by atoms with E-state index in [4.69, 9.17) is 15.2 Å². The summed E-state index contributed by atoms with van der Waals surface area (Å²) >= 11 is 0. The first kappa shape index (κ1) is 12.4. The molecule has 0 atom stereocenters. The summed E-state index contributed by atoms with van der Waals surface area (Å²) in [5.41, 5.74) is 4.79. The quantitative estimate of drug-likeness (QED) is 0.510. The van der Waals surface area contributed by atoms with Crippen molar-refractivity contribution < 1.29 is 14.3 Å². The Morgan fingerprint density at radius 3 is 2.38 bits per heavy atom. The van der Waals surface area contributed by atoms with Crippen molar-refractivity contribution in [1.29, 1.82) is 0 Å². The van der Waals surface area contributed by atoms with E-state index in [0.29, 0.717) is 19.8 Å². The summed E-state index contributed by atoms with van der Waals surface area (Å²) in [5, 5.41) is 0. The number of carbonyl (C=O) groups is 1. The third kappa shape index (κ3) is 9.30. The highest BCUT2D eigenvalue weighted by molar-refractivity contribution is 5.69. The van der Waals surface area contributed by atoms with Gasteiger partial charge in [-0.15, -0.1) is 0 Å². The fraction of sp³-hybridized carbons (Fsp3) is 0.889. The van der Waals surface area contributed by atoms with Crippen molar-refractivity contribution in [3.63, 3.8) is 0 Å². The Kier molecular flexibility index (Phi) is 5.66. The van der Waals surface area contributed by atoms with Gasteiger partial charge in [0.2, 0.25) is 0 Å². The fourth-order valence-electron chi connectivity index (χ4n) is 0.733. The topological polar surface area (TPSA) is 61.5 Å². The molecule has 0 aromatic rings. The third-order valence-electron chi connectivity index (χ3n) is 1.13. The summed E-state index contributed by atoms with van der Waals surface area (Å²) in [6.07, 6.45) is 0.289. The van der Waals surface area contributed by atoms with Crippen molar-refractivity contribution in [3.8, 4) is 0 Å². The van der Waals surface area contributed by atoms with E-state index < -0.39 is 5.60 Å². The molecule has 0 spiro atoms. The Morgan fingerprint density at radius 2 is 1.92 bits per heavy atom. The van der Waals surface area contributed by atoms with Gasteiger partial charge in [0.15, 0.2) is 0 Å². The highest BCUT2D eigenvalue weighted by atomic mass is 16.6. The lowest BCUT2D eigenvalue weighted by Crippen LogP contribution is -2.24. The Balaban J connectivity index is 3.41. The van der Waals surface area contributed by atoms with Crippen LogP contribution in [0.3, 0.4) is 0 Å². The van der Waals surface area contributed by atoms with Gasteiger partial charge < -0.3 is 15.2 Å². The zero-order chi connectivity index (χ0) is 10.3. The summed E-state index contributed by atoms with van der Waals surface area (Å²) in [6, 6.07) is 0. The molecular weight excluding hydrogens is 170 g/mol. The molecule has 0 saturated carbocycles. The van der Waals surface area contributed by atoms with Crippen LogP contribution in [0.25, 0.3) is 0 Å². The molecule has 0 aliphatic carbocycles. The Labute approximate surface area is 79.4 Å². The maximum atomic E-state index is 11.1. The van der Waals surface area contributed by atoms with Crippen molar-refractivity contribution in [3.05, 3.63) is 0 Å².